The fraction of sp³-hybridized carbons (Fsp3) is 0.200. The van der Waals surface area contributed by atoms with Crippen molar-refractivity contribution < 1.29 is 41.4 Å². The number of ether oxygens (including phenoxy) is 1. The van der Waals surface area contributed by atoms with E-state index in [1.54, 1.807) is 0 Å². The summed E-state index contributed by atoms with van der Waals surface area (Å²) < 4.78 is 35.6. The van der Waals surface area contributed by atoms with Gasteiger partial charge in [0.1, 0.15) is 17.2 Å². The van der Waals surface area contributed by atoms with Gasteiger partial charge >= 0.3 is 16.1 Å². The minimum Gasteiger partial charge on any atom is -0.462 e. The Labute approximate surface area is 272 Å². The number of carbonyl (C=O) groups excluding carboxylic acids is 4. The molecule has 0 bridgehead atoms. The summed E-state index contributed by atoms with van der Waals surface area (Å²) in [4.78, 5) is 61.4. The Kier molecular flexibility index (Phi) is 10.8. The minimum atomic E-state index is -4.39. The highest BCUT2D eigenvalue weighted by Crippen LogP contribution is 2.33. The highest BCUT2D eigenvalue weighted by molar-refractivity contribution is 8.18. The van der Waals surface area contributed by atoms with Crippen molar-refractivity contribution in [2.45, 2.75) is 31.6 Å². The summed E-state index contributed by atoms with van der Waals surface area (Å²) >= 11 is 6.72. The van der Waals surface area contributed by atoms with Gasteiger partial charge in [-0.3, -0.25) is 29.4 Å². The summed E-state index contributed by atoms with van der Waals surface area (Å²) in [6, 6.07) is 13.1. The van der Waals surface area contributed by atoms with Crippen molar-refractivity contribution >= 4 is 74.0 Å². The molecule has 240 valence electrons. The van der Waals surface area contributed by atoms with Gasteiger partial charge in [0.15, 0.2) is 0 Å². The molecule has 1 aliphatic rings. The molecule has 1 fully saturated rings. The quantitative estimate of drug-likeness (QED) is 0.0593. The van der Waals surface area contributed by atoms with Crippen LogP contribution in [0.3, 0.4) is 0 Å². The van der Waals surface area contributed by atoms with Gasteiger partial charge in [0.25, 0.3) is 16.8 Å². The molecule has 0 aliphatic carbocycles. The molecule has 16 heteroatoms. The summed E-state index contributed by atoms with van der Waals surface area (Å²) in [6.07, 6.45) is 2.90. The summed E-state index contributed by atoms with van der Waals surface area (Å²) in [5.74, 6) is -2.16. The predicted octanol–water partition coefficient (Wildman–Crippen LogP) is 5.96. The zero-order valence-corrected chi connectivity index (χ0v) is 26.7. The lowest BCUT2D eigenvalue weighted by Gasteiger charge is -2.13. The van der Waals surface area contributed by atoms with Crippen molar-refractivity contribution in [1.29, 1.82) is 0 Å². The number of halogens is 1. The Morgan fingerprint density at radius 3 is 2.48 bits per heavy atom. The number of aryl methyl sites for hydroxylation is 1. The van der Waals surface area contributed by atoms with Crippen LogP contribution in [-0.4, -0.2) is 54.4 Å². The van der Waals surface area contributed by atoms with E-state index < -0.39 is 49.5 Å². The number of esters is 1. The largest absolute Gasteiger partial charge is 0.462 e. The van der Waals surface area contributed by atoms with E-state index in [-0.39, 0.29) is 44.8 Å². The number of nitro groups is 1. The van der Waals surface area contributed by atoms with Crippen LogP contribution in [0.25, 0.3) is 6.08 Å². The fourth-order valence-corrected chi connectivity index (χ4v) is 6.00. The second kappa shape index (κ2) is 14.6. The number of unbranched alkanes of at least 4 members (excludes halogenated alkanes) is 1. The molecule has 1 heterocycles. The lowest BCUT2D eigenvalue weighted by Crippen LogP contribution is -2.36. The smallest absolute Gasteiger partial charge is 0.339 e. The highest BCUT2D eigenvalue weighted by atomic mass is 35.5. The number of hydrogen-bond donors (Lipinski definition) is 1. The van der Waals surface area contributed by atoms with Crippen molar-refractivity contribution in [3.8, 4) is 5.75 Å². The average Bonchev–Trinajstić information content (AvgIpc) is 3.26. The number of nitrogens with zero attached hydrogens (tertiary/aromatic N) is 2. The first-order valence-corrected chi connectivity index (χ1v) is 16.2. The molecule has 46 heavy (non-hydrogen) atoms. The third-order valence-electron chi connectivity index (χ3n) is 6.43. The lowest BCUT2D eigenvalue weighted by molar-refractivity contribution is -0.385. The van der Waals surface area contributed by atoms with Crippen molar-refractivity contribution in [2.24, 2.45) is 0 Å². The molecule has 0 unspecified atom stereocenters. The summed E-state index contributed by atoms with van der Waals surface area (Å²) in [5, 5.41) is 13.2. The third kappa shape index (κ3) is 8.29. The molecule has 3 amide bonds. The fourth-order valence-electron chi connectivity index (χ4n) is 4.01. The van der Waals surface area contributed by atoms with Crippen molar-refractivity contribution in [3.05, 3.63) is 97.4 Å². The Morgan fingerprint density at radius 1 is 1.09 bits per heavy atom. The van der Waals surface area contributed by atoms with Crippen LogP contribution in [-0.2, 0) is 24.4 Å². The van der Waals surface area contributed by atoms with Crippen LogP contribution in [0.4, 0.5) is 16.2 Å². The van der Waals surface area contributed by atoms with Crippen LogP contribution in [0.5, 0.6) is 5.75 Å². The number of nitro benzene ring substituents is 1. The van der Waals surface area contributed by atoms with E-state index >= 15 is 0 Å². The number of anilines is 1. The van der Waals surface area contributed by atoms with E-state index in [4.69, 9.17) is 20.5 Å². The Bertz CT molecular complexity index is 1860. The van der Waals surface area contributed by atoms with Gasteiger partial charge in [-0.15, -0.1) is 0 Å². The van der Waals surface area contributed by atoms with Crippen molar-refractivity contribution in [1.82, 2.24) is 4.90 Å². The highest BCUT2D eigenvalue weighted by Gasteiger charge is 2.36. The molecule has 0 saturated carbocycles. The maximum atomic E-state index is 12.9. The molecular weight excluding hydrogens is 662 g/mol. The molecule has 13 nitrogen and oxygen atoms in total. The predicted molar refractivity (Wildman–Crippen MR) is 170 cm³/mol. The maximum absolute atomic E-state index is 12.9. The second-order valence-corrected chi connectivity index (χ2v) is 12.8. The zero-order valence-electron chi connectivity index (χ0n) is 24.4. The second-order valence-electron chi connectivity index (χ2n) is 9.81. The molecule has 1 saturated heterocycles. The van der Waals surface area contributed by atoms with Crippen LogP contribution in [0, 0.1) is 17.0 Å². The first-order valence-electron chi connectivity index (χ1n) is 13.6. The van der Waals surface area contributed by atoms with Gasteiger partial charge in [0.05, 0.1) is 27.0 Å². The third-order valence-corrected chi connectivity index (χ3v) is 8.91. The molecule has 0 radical (unpaired) electrons. The lowest BCUT2D eigenvalue weighted by atomic mass is 10.2. The first-order chi connectivity index (χ1) is 21.8. The van der Waals surface area contributed by atoms with Crippen LogP contribution in [0.2, 0.25) is 5.02 Å². The first kappa shape index (κ1) is 34.1. The molecular formula is C30H26ClN3O10S2. The van der Waals surface area contributed by atoms with E-state index in [1.807, 2.05) is 6.92 Å². The van der Waals surface area contributed by atoms with E-state index in [2.05, 4.69) is 5.32 Å². The molecule has 1 aliphatic heterocycles. The van der Waals surface area contributed by atoms with Gasteiger partial charge in [-0.05, 0) is 73.1 Å². The van der Waals surface area contributed by atoms with E-state index in [9.17, 15) is 37.7 Å². The standard InChI is InChI=1S/C30H26ClN3O10S2/c1-3-4-13-43-29(37)23-15-20(8-12-24(23)31)32-27(35)17-33-28(36)26(45-30(33)38)14-19-6-9-21(10-7-19)44-46(41,42)22-11-5-18(2)25(16-22)34(39)40/h5-12,14-16H,3-4,13,17H2,1-2H3,(H,32,35)/b26-14-. The molecule has 3 aromatic carbocycles. The monoisotopic (exact) mass is 687 g/mol. The van der Waals surface area contributed by atoms with Gasteiger partial charge in [-0.1, -0.05) is 43.1 Å². The number of amides is 3. The SMILES string of the molecule is CCCCOC(=O)c1cc(NC(=O)CN2C(=O)S/C(=C\c3ccc(OS(=O)(=O)c4ccc(C)c([N+](=O)[O-])c4)cc3)C2=O)ccc1Cl. The number of rotatable bonds is 12. The summed E-state index contributed by atoms with van der Waals surface area (Å²) in [5.41, 5.74) is 0.604. The van der Waals surface area contributed by atoms with E-state index in [1.165, 1.54) is 67.6 Å². The number of benzene rings is 3. The summed E-state index contributed by atoms with van der Waals surface area (Å²) in [6.45, 7) is 3.05. The van der Waals surface area contributed by atoms with Crippen LogP contribution < -0.4 is 9.50 Å². The van der Waals surface area contributed by atoms with Gasteiger partial charge in [0, 0.05) is 17.3 Å². The van der Waals surface area contributed by atoms with Crippen LogP contribution >= 0.6 is 23.4 Å². The topological polar surface area (TPSA) is 179 Å². The number of imide groups is 1. The number of hydrogen-bond acceptors (Lipinski definition) is 11. The minimum absolute atomic E-state index is 0.0228. The Balaban J connectivity index is 1.39. The van der Waals surface area contributed by atoms with Crippen molar-refractivity contribution in [2.75, 3.05) is 18.5 Å². The molecule has 0 aromatic heterocycles. The van der Waals surface area contributed by atoms with Gasteiger partial charge in [0.2, 0.25) is 5.91 Å². The van der Waals surface area contributed by atoms with Crippen LogP contribution in [0.1, 0.15) is 41.3 Å². The Hall–Kier alpha value is -4.73. The Morgan fingerprint density at radius 2 is 1.80 bits per heavy atom. The molecule has 0 atom stereocenters. The number of carbonyl (C=O) groups is 4. The number of nitrogens with one attached hydrogen (secondary N) is 1. The van der Waals surface area contributed by atoms with Crippen molar-refractivity contribution in [3.63, 3.8) is 0 Å². The van der Waals surface area contributed by atoms with E-state index in [0.717, 1.165) is 17.4 Å². The maximum Gasteiger partial charge on any atom is 0.339 e. The van der Waals surface area contributed by atoms with E-state index in [0.29, 0.717) is 23.7 Å². The summed E-state index contributed by atoms with van der Waals surface area (Å²) in [7, 11) is -4.39. The number of thioether (sulfide) groups is 1. The van der Waals surface area contributed by atoms with Gasteiger partial charge in [-0.25, -0.2) is 4.79 Å². The molecule has 3 aromatic rings. The zero-order chi connectivity index (χ0) is 33.6. The van der Waals surface area contributed by atoms with Crippen LogP contribution in [0.15, 0.2) is 70.5 Å². The van der Waals surface area contributed by atoms with Gasteiger partial charge < -0.3 is 14.2 Å². The molecule has 0 spiro atoms. The molecule has 4 rings (SSSR count). The normalized spacial score (nSPS) is 14.0. The van der Waals surface area contributed by atoms with Gasteiger partial charge in [-0.2, -0.15) is 8.42 Å². The molecule has 1 N–H and O–H groups in total. The average molecular weight is 688 g/mol.